The lowest BCUT2D eigenvalue weighted by Crippen LogP contribution is -2.08. The molecule has 17 heavy (non-hydrogen) atoms. The van der Waals surface area contributed by atoms with Gasteiger partial charge in [-0.1, -0.05) is 12.1 Å². The maximum absolute atomic E-state index is 9.84. The first kappa shape index (κ1) is 11.7. The highest BCUT2D eigenvalue weighted by atomic mass is 16.3. The molecule has 0 spiro atoms. The zero-order valence-corrected chi connectivity index (χ0v) is 10.3. The molecule has 4 nitrogen and oxygen atoms in total. The van der Waals surface area contributed by atoms with Gasteiger partial charge in [0, 0.05) is 17.3 Å². The number of rotatable bonds is 2. The Balaban J connectivity index is 2.62. The van der Waals surface area contributed by atoms with Crippen LogP contribution in [-0.2, 0) is 0 Å². The van der Waals surface area contributed by atoms with Gasteiger partial charge in [0.15, 0.2) is 0 Å². The highest BCUT2D eigenvalue weighted by Crippen LogP contribution is 2.26. The number of aromatic nitrogens is 2. The molecule has 90 valence electrons. The van der Waals surface area contributed by atoms with E-state index < -0.39 is 0 Å². The topological polar surface area (TPSA) is 64.1 Å². The van der Waals surface area contributed by atoms with Crippen LogP contribution in [0.2, 0.25) is 0 Å². The van der Waals surface area contributed by atoms with E-state index >= 15 is 0 Å². The summed E-state index contributed by atoms with van der Waals surface area (Å²) in [7, 11) is 0. The van der Waals surface area contributed by atoms with Gasteiger partial charge in [-0.05, 0) is 32.9 Å². The Hall–Kier alpha value is -1.81. The Bertz CT molecular complexity index is 544. The molecule has 2 aromatic rings. The van der Waals surface area contributed by atoms with Crippen molar-refractivity contribution in [2.75, 3.05) is 0 Å². The maximum atomic E-state index is 9.84. The molecular formula is C13H17N3O. The second-order valence-corrected chi connectivity index (χ2v) is 4.27. The number of nitrogens with two attached hydrogens (primary N) is 1. The SMILES string of the molecule is Cc1nn(-c2ccccc2O)c(C)c1C(C)N. The Labute approximate surface area is 101 Å². The lowest BCUT2D eigenvalue weighted by Gasteiger charge is -2.08. The number of para-hydroxylation sites is 2. The maximum Gasteiger partial charge on any atom is 0.141 e. The molecule has 0 bridgehead atoms. The van der Waals surface area contributed by atoms with Crippen LogP contribution >= 0.6 is 0 Å². The predicted octanol–water partition coefficient (Wildman–Crippen LogP) is 2.21. The number of nitrogens with zero attached hydrogens (tertiary/aromatic N) is 2. The zero-order valence-electron chi connectivity index (χ0n) is 10.3. The molecule has 1 heterocycles. The molecule has 3 N–H and O–H groups in total. The normalized spacial score (nSPS) is 12.7. The van der Waals surface area contributed by atoms with Crippen molar-refractivity contribution in [3.8, 4) is 11.4 Å². The summed E-state index contributed by atoms with van der Waals surface area (Å²) in [6.45, 7) is 5.83. The molecule has 1 aromatic carbocycles. The van der Waals surface area contributed by atoms with E-state index in [9.17, 15) is 5.11 Å². The van der Waals surface area contributed by atoms with Gasteiger partial charge in [0.2, 0.25) is 0 Å². The van der Waals surface area contributed by atoms with Crippen LogP contribution in [0.25, 0.3) is 5.69 Å². The van der Waals surface area contributed by atoms with Gasteiger partial charge in [-0.2, -0.15) is 5.10 Å². The third-order valence-corrected chi connectivity index (χ3v) is 2.91. The molecule has 0 saturated heterocycles. The molecule has 1 atom stereocenters. The average molecular weight is 231 g/mol. The van der Waals surface area contributed by atoms with Crippen molar-refractivity contribution in [1.29, 1.82) is 0 Å². The van der Waals surface area contributed by atoms with E-state index in [4.69, 9.17) is 5.73 Å². The summed E-state index contributed by atoms with van der Waals surface area (Å²) < 4.78 is 1.74. The minimum Gasteiger partial charge on any atom is -0.506 e. The van der Waals surface area contributed by atoms with E-state index in [1.165, 1.54) is 0 Å². The third-order valence-electron chi connectivity index (χ3n) is 2.91. The summed E-state index contributed by atoms with van der Waals surface area (Å²) in [5.74, 6) is 0.217. The molecule has 0 aliphatic carbocycles. The summed E-state index contributed by atoms with van der Waals surface area (Å²) >= 11 is 0. The standard InChI is InChI=1S/C13H17N3O/c1-8(14)13-9(2)15-16(10(13)3)11-6-4-5-7-12(11)17/h4-8,17H,14H2,1-3H3. The van der Waals surface area contributed by atoms with Crippen LogP contribution in [0.4, 0.5) is 0 Å². The van der Waals surface area contributed by atoms with Crippen molar-refractivity contribution in [1.82, 2.24) is 9.78 Å². The van der Waals surface area contributed by atoms with E-state index in [0.29, 0.717) is 5.69 Å². The van der Waals surface area contributed by atoms with Gasteiger partial charge in [0.1, 0.15) is 11.4 Å². The fourth-order valence-corrected chi connectivity index (χ4v) is 2.19. The van der Waals surface area contributed by atoms with Gasteiger partial charge in [0.25, 0.3) is 0 Å². The number of benzene rings is 1. The zero-order chi connectivity index (χ0) is 12.6. The number of hydrogen-bond acceptors (Lipinski definition) is 3. The first-order valence-corrected chi connectivity index (χ1v) is 5.62. The number of aromatic hydroxyl groups is 1. The summed E-state index contributed by atoms with van der Waals surface area (Å²) in [6.07, 6.45) is 0. The van der Waals surface area contributed by atoms with Gasteiger partial charge >= 0.3 is 0 Å². The summed E-state index contributed by atoms with van der Waals surface area (Å²) in [5, 5.41) is 14.3. The van der Waals surface area contributed by atoms with Crippen molar-refractivity contribution in [3.05, 3.63) is 41.2 Å². The van der Waals surface area contributed by atoms with Crippen molar-refractivity contribution < 1.29 is 5.11 Å². The first-order valence-electron chi connectivity index (χ1n) is 5.62. The molecule has 0 aliphatic rings. The van der Waals surface area contributed by atoms with Gasteiger partial charge in [0.05, 0.1) is 5.69 Å². The largest absolute Gasteiger partial charge is 0.506 e. The highest BCUT2D eigenvalue weighted by Gasteiger charge is 2.16. The fourth-order valence-electron chi connectivity index (χ4n) is 2.19. The Morgan fingerprint density at radius 2 is 1.94 bits per heavy atom. The van der Waals surface area contributed by atoms with Crippen molar-refractivity contribution >= 4 is 0 Å². The molecule has 1 aromatic heterocycles. The second kappa shape index (κ2) is 4.22. The van der Waals surface area contributed by atoms with Crippen molar-refractivity contribution in [2.24, 2.45) is 5.73 Å². The van der Waals surface area contributed by atoms with Gasteiger partial charge in [-0.25, -0.2) is 4.68 Å². The van der Waals surface area contributed by atoms with E-state index in [1.807, 2.05) is 32.9 Å². The summed E-state index contributed by atoms with van der Waals surface area (Å²) in [4.78, 5) is 0. The molecule has 4 heteroatoms. The third kappa shape index (κ3) is 1.91. The van der Waals surface area contributed by atoms with E-state index in [2.05, 4.69) is 5.10 Å². The number of phenols is 1. The molecule has 0 amide bonds. The lowest BCUT2D eigenvalue weighted by atomic mass is 10.1. The minimum atomic E-state index is -0.0606. The van der Waals surface area contributed by atoms with E-state index in [0.717, 1.165) is 17.0 Å². The molecular weight excluding hydrogens is 214 g/mol. The molecule has 0 aliphatic heterocycles. The molecule has 1 unspecified atom stereocenters. The number of hydrogen-bond donors (Lipinski definition) is 2. The Morgan fingerprint density at radius 1 is 1.29 bits per heavy atom. The Morgan fingerprint density at radius 3 is 2.47 bits per heavy atom. The molecule has 0 radical (unpaired) electrons. The van der Waals surface area contributed by atoms with Crippen LogP contribution in [-0.4, -0.2) is 14.9 Å². The highest BCUT2D eigenvalue weighted by molar-refractivity contribution is 5.47. The smallest absolute Gasteiger partial charge is 0.141 e. The lowest BCUT2D eigenvalue weighted by molar-refractivity contribution is 0.470. The van der Waals surface area contributed by atoms with Crippen molar-refractivity contribution in [3.63, 3.8) is 0 Å². The van der Waals surface area contributed by atoms with E-state index in [-0.39, 0.29) is 11.8 Å². The van der Waals surface area contributed by atoms with Crippen LogP contribution in [0.1, 0.15) is 29.9 Å². The predicted molar refractivity (Wildman–Crippen MR) is 67.3 cm³/mol. The minimum absolute atomic E-state index is 0.0606. The van der Waals surface area contributed by atoms with Crippen molar-refractivity contribution in [2.45, 2.75) is 26.8 Å². The molecule has 2 rings (SSSR count). The van der Waals surface area contributed by atoms with Gasteiger partial charge in [-0.15, -0.1) is 0 Å². The number of phenolic OH excluding ortho intramolecular Hbond substituents is 1. The van der Waals surface area contributed by atoms with Crippen LogP contribution in [0.3, 0.4) is 0 Å². The molecule has 0 fully saturated rings. The molecule has 0 saturated carbocycles. The van der Waals surface area contributed by atoms with Crippen LogP contribution in [0.15, 0.2) is 24.3 Å². The van der Waals surface area contributed by atoms with Gasteiger partial charge < -0.3 is 10.8 Å². The average Bonchev–Trinajstić information content (AvgIpc) is 2.55. The quantitative estimate of drug-likeness (QED) is 0.833. The number of aryl methyl sites for hydroxylation is 1. The fraction of sp³-hybridized carbons (Fsp3) is 0.308. The summed E-state index contributed by atoms with van der Waals surface area (Å²) in [5.41, 5.74) is 9.52. The van der Waals surface area contributed by atoms with E-state index in [1.54, 1.807) is 16.8 Å². The van der Waals surface area contributed by atoms with Crippen LogP contribution in [0, 0.1) is 13.8 Å². The van der Waals surface area contributed by atoms with Gasteiger partial charge in [-0.3, -0.25) is 0 Å². The van der Waals surface area contributed by atoms with Crippen LogP contribution in [0.5, 0.6) is 5.75 Å². The second-order valence-electron chi connectivity index (χ2n) is 4.27. The monoisotopic (exact) mass is 231 g/mol. The first-order chi connectivity index (χ1) is 8.02. The Kier molecular flexibility index (Phi) is 2.90. The van der Waals surface area contributed by atoms with Crippen LogP contribution < -0.4 is 5.73 Å². The summed E-state index contributed by atoms with van der Waals surface area (Å²) in [6, 6.07) is 7.08.